The minimum Gasteiger partial charge on any atom is -0.321 e. The zero-order valence-electron chi connectivity index (χ0n) is 9.93. The Hall–Kier alpha value is -1.80. The number of sulfonamides is 1. The maximum atomic E-state index is 12.2. The van der Waals surface area contributed by atoms with Gasteiger partial charge in [-0.25, -0.2) is 9.59 Å². The minimum atomic E-state index is -4.25. The Bertz CT molecular complexity index is 685. The number of carbonyl (C=O) groups excluding carboxylic acids is 2. The average molecular weight is 305 g/mol. The van der Waals surface area contributed by atoms with Crippen LogP contribution in [0.15, 0.2) is 17.0 Å². The SMILES string of the molecule is CC(=O)ON1C(=O)Nc2cc(Cl)c(C)cc2S1(=O)=O. The molecule has 1 heterocycles. The van der Waals surface area contributed by atoms with Crippen molar-refractivity contribution in [1.82, 2.24) is 4.47 Å². The van der Waals surface area contributed by atoms with Gasteiger partial charge in [-0.15, -0.1) is 0 Å². The third-order valence-electron chi connectivity index (χ3n) is 2.38. The van der Waals surface area contributed by atoms with Crippen molar-refractivity contribution in [3.8, 4) is 0 Å². The molecule has 7 nitrogen and oxygen atoms in total. The number of nitrogens with zero attached hydrogens (tertiary/aromatic N) is 1. The fraction of sp³-hybridized carbons (Fsp3) is 0.200. The number of benzene rings is 1. The highest BCUT2D eigenvalue weighted by atomic mass is 35.5. The molecule has 19 heavy (non-hydrogen) atoms. The van der Waals surface area contributed by atoms with Crippen molar-refractivity contribution < 1.29 is 22.8 Å². The predicted molar refractivity (Wildman–Crippen MR) is 66.0 cm³/mol. The van der Waals surface area contributed by atoms with Gasteiger partial charge in [-0.2, -0.15) is 8.42 Å². The van der Waals surface area contributed by atoms with E-state index < -0.39 is 22.0 Å². The fourth-order valence-corrected chi connectivity index (χ4v) is 3.06. The molecule has 0 saturated carbocycles. The fourth-order valence-electron chi connectivity index (χ4n) is 1.53. The number of halogens is 1. The molecule has 1 aromatic carbocycles. The monoisotopic (exact) mass is 304 g/mol. The number of hydroxylamine groups is 1. The van der Waals surface area contributed by atoms with Crippen molar-refractivity contribution in [2.75, 3.05) is 5.32 Å². The summed E-state index contributed by atoms with van der Waals surface area (Å²) in [5, 5.41) is 2.60. The van der Waals surface area contributed by atoms with Crippen LogP contribution in [0.4, 0.5) is 10.5 Å². The van der Waals surface area contributed by atoms with E-state index >= 15 is 0 Å². The summed E-state index contributed by atoms with van der Waals surface area (Å²) in [7, 11) is -4.25. The van der Waals surface area contributed by atoms with E-state index in [0.29, 0.717) is 10.6 Å². The molecule has 2 amide bonds. The first-order chi connectivity index (χ1) is 8.73. The smallest absolute Gasteiger partial charge is 0.321 e. The number of anilines is 1. The molecule has 1 aromatic rings. The zero-order valence-corrected chi connectivity index (χ0v) is 11.5. The summed E-state index contributed by atoms with van der Waals surface area (Å²) in [6.45, 7) is 2.61. The van der Waals surface area contributed by atoms with Crippen LogP contribution < -0.4 is 5.32 Å². The maximum absolute atomic E-state index is 12.2. The lowest BCUT2D eigenvalue weighted by atomic mass is 10.2. The van der Waals surface area contributed by atoms with E-state index in [2.05, 4.69) is 10.2 Å². The molecule has 1 aliphatic heterocycles. The van der Waals surface area contributed by atoms with Crippen LogP contribution in [0, 0.1) is 6.92 Å². The third-order valence-corrected chi connectivity index (χ3v) is 4.35. The van der Waals surface area contributed by atoms with Crippen LogP contribution in [0.2, 0.25) is 5.02 Å². The van der Waals surface area contributed by atoms with Crippen LogP contribution >= 0.6 is 11.6 Å². The Morgan fingerprint density at radius 1 is 1.42 bits per heavy atom. The van der Waals surface area contributed by atoms with Gasteiger partial charge in [-0.05, 0) is 29.1 Å². The average Bonchev–Trinajstić information content (AvgIpc) is 2.28. The van der Waals surface area contributed by atoms with Gasteiger partial charge in [0.15, 0.2) is 0 Å². The minimum absolute atomic E-state index is 0.0189. The van der Waals surface area contributed by atoms with E-state index in [-0.39, 0.29) is 15.1 Å². The highest BCUT2D eigenvalue weighted by Gasteiger charge is 2.40. The van der Waals surface area contributed by atoms with Crippen molar-refractivity contribution in [2.24, 2.45) is 0 Å². The first kappa shape index (κ1) is 13.6. The van der Waals surface area contributed by atoms with Crippen LogP contribution in [0.5, 0.6) is 0 Å². The maximum Gasteiger partial charge on any atom is 0.370 e. The summed E-state index contributed by atoms with van der Waals surface area (Å²) >= 11 is 5.86. The summed E-state index contributed by atoms with van der Waals surface area (Å²) in [6, 6.07) is 1.54. The molecule has 9 heteroatoms. The van der Waals surface area contributed by atoms with E-state index in [1.54, 1.807) is 6.92 Å². The van der Waals surface area contributed by atoms with E-state index in [1.807, 2.05) is 0 Å². The van der Waals surface area contributed by atoms with E-state index in [1.165, 1.54) is 12.1 Å². The van der Waals surface area contributed by atoms with Crippen molar-refractivity contribution in [2.45, 2.75) is 18.7 Å². The first-order valence-electron chi connectivity index (χ1n) is 5.08. The standard InChI is InChI=1S/C10H9ClN2O5S/c1-5-3-9-8(4-7(5)11)12-10(15)13(18-6(2)14)19(9,16)17/h3-4H,1-2H3,(H,12,15). The molecule has 0 spiro atoms. The van der Waals surface area contributed by atoms with Crippen molar-refractivity contribution in [1.29, 1.82) is 0 Å². The summed E-state index contributed by atoms with van der Waals surface area (Å²) in [4.78, 5) is 26.7. The Kier molecular flexibility index (Phi) is 3.15. The van der Waals surface area contributed by atoms with Crippen molar-refractivity contribution in [3.05, 3.63) is 22.7 Å². The van der Waals surface area contributed by atoms with Gasteiger partial charge >= 0.3 is 22.0 Å². The lowest BCUT2D eigenvalue weighted by Crippen LogP contribution is -2.44. The Labute approximate surface area is 114 Å². The van der Waals surface area contributed by atoms with Crippen LogP contribution in [0.3, 0.4) is 0 Å². The Balaban J connectivity index is 2.62. The van der Waals surface area contributed by atoms with Gasteiger partial charge in [0.1, 0.15) is 4.90 Å². The molecule has 102 valence electrons. The van der Waals surface area contributed by atoms with Gasteiger partial charge in [0.25, 0.3) is 0 Å². The summed E-state index contributed by atoms with van der Waals surface area (Å²) in [5.41, 5.74) is 0.562. The van der Waals surface area contributed by atoms with Gasteiger partial charge in [-0.1, -0.05) is 11.6 Å². The topological polar surface area (TPSA) is 92.8 Å². The highest BCUT2D eigenvalue weighted by Crippen LogP contribution is 2.34. The first-order valence-corrected chi connectivity index (χ1v) is 6.90. The molecular weight excluding hydrogens is 296 g/mol. The second-order valence-corrected chi connectivity index (χ2v) is 5.97. The van der Waals surface area contributed by atoms with Gasteiger partial charge in [0.2, 0.25) is 0 Å². The molecule has 0 bridgehead atoms. The third kappa shape index (κ3) is 2.24. The van der Waals surface area contributed by atoms with Crippen LogP contribution in [0.1, 0.15) is 12.5 Å². The Morgan fingerprint density at radius 3 is 2.63 bits per heavy atom. The number of urea groups is 1. The summed E-state index contributed by atoms with van der Waals surface area (Å²) in [5.74, 6) is -0.923. The van der Waals surface area contributed by atoms with E-state index in [9.17, 15) is 18.0 Å². The molecular formula is C10H9ClN2O5S. The molecule has 0 aliphatic carbocycles. The van der Waals surface area contributed by atoms with Gasteiger partial charge < -0.3 is 10.2 Å². The number of hydrogen-bond donors (Lipinski definition) is 1. The van der Waals surface area contributed by atoms with Crippen LogP contribution in [-0.4, -0.2) is 24.9 Å². The second kappa shape index (κ2) is 4.39. The van der Waals surface area contributed by atoms with Crippen molar-refractivity contribution >= 4 is 39.3 Å². The van der Waals surface area contributed by atoms with E-state index in [4.69, 9.17) is 11.6 Å². The van der Waals surface area contributed by atoms with E-state index in [0.717, 1.165) is 6.92 Å². The molecule has 1 N–H and O–H groups in total. The number of fused-ring (bicyclic) bond motifs is 1. The lowest BCUT2D eigenvalue weighted by Gasteiger charge is -2.26. The quantitative estimate of drug-likeness (QED) is 0.851. The molecule has 0 saturated heterocycles. The number of carbonyl (C=O) groups is 2. The number of aryl methyl sites for hydroxylation is 1. The molecule has 0 radical (unpaired) electrons. The Morgan fingerprint density at radius 2 is 2.05 bits per heavy atom. The molecule has 0 unspecified atom stereocenters. The van der Waals surface area contributed by atoms with Crippen molar-refractivity contribution in [3.63, 3.8) is 0 Å². The van der Waals surface area contributed by atoms with Crippen LogP contribution in [-0.2, 0) is 19.7 Å². The molecule has 1 aliphatic rings. The summed E-state index contributed by atoms with van der Waals surface area (Å²) in [6.07, 6.45) is 0. The molecule has 0 aromatic heterocycles. The highest BCUT2D eigenvalue weighted by molar-refractivity contribution is 7.89. The number of rotatable bonds is 1. The number of nitrogens with one attached hydrogen (secondary N) is 1. The van der Waals surface area contributed by atoms with Gasteiger partial charge in [0.05, 0.1) is 5.69 Å². The predicted octanol–water partition coefficient (Wildman–Crippen LogP) is 1.66. The molecule has 0 fully saturated rings. The zero-order chi connectivity index (χ0) is 14.4. The molecule has 2 rings (SSSR count). The normalized spacial score (nSPS) is 16.6. The molecule has 0 atom stereocenters. The van der Waals surface area contributed by atoms with Crippen LogP contribution in [0.25, 0.3) is 0 Å². The largest absolute Gasteiger partial charge is 0.370 e. The van der Waals surface area contributed by atoms with Gasteiger partial charge in [-0.3, -0.25) is 0 Å². The second-order valence-electron chi connectivity index (χ2n) is 3.84. The number of amides is 2. The lowest BCUT2D eigenvalue weighted by molar-refractivity contribution is -0.158. The summed E-state index contributed by atoms with van der Waals surface area (Å²) < 4.78 is 24.3. The number of hydrogen-bond acceptors (Lipinski definition) is 5. The van der Waals surface area contributed by atoms with Gasteiger partial charge in [0, 0.05) is 11.9 Å².